The van der Waals surface area contributed by atoms with Gasteiger partial charge in [0.2, 0.25) is 11.8 Å². The van der Waals surface area contributed by atoms with Gasteiger partial charge in [-0.2, -0.15) is 0 Å². The Morgan fingerprint density at radius 3 is 2.31 bits per heavy atom. The number of aliphatic hydroxyl groups is 1. The topological polar surface area (TPSA) is 123 Å². The molecule has 3 fully saturated rings. The summed E-state index contributed by atoms with van der Waals surface area (Å²) >= 11 is 0. The Morgan fingerprint density at radius 2 is 1.65 bits per heavy atom. The van der Waals surface area contributed by atoms with Gasteiger partial charge in [-0.05, 0) is 49.6 Å². The molecule has 0 aliphatic carbocycles. The monoisotopic (exact) mass is 653 g/mol. The van der Waals surface area contributed by atoms with E-state index in [1.54, 1.807) is 30.3 Å². The van der Waals surface area contributed by atoms with Crippen molar-refractivity contribution in [2.24, 2.45) is 5.92 Å². The molecule has 0 bridgehead atoms. The molecule has 7 rings (SSSR count). The Hall–Kier alpha value is -4.58. The van der Waals surface area contributed by atoms with Gasteiger partial charge in [0.15, 0.2) is 5.69 Å². The molecule has 1 aromatic heterocycles. The quantitative estimate of drug-likeness (QED) is 0.291. The number of benzene rings is 3. The van der Waals surface area contributed by atoms with Crippen molar-refractivity contribution in [2.45, 2.75) is 42.9 Å². The van der Waals surface area contributed by atoms with Gasteiger partial charge in [-0.15, -0.1) is 0 Å². The summed E-state index contributed by atoms with van der Waals surface area (Å²) in [7, 11) is 0. The number of nitrogen functional groups attached to an aromatic ring is 1. The van der Waals surface area contributed by atoms with Crippen LogP contribution in [0.25, 0.3) is 0 Å². The third-order valence-corrected chi connectivity index (χ3v) is 10.3. The van der Waals surface area contributed by atoms with E-state index in [9.17, 15) is 14.7 Å². The number of likely N-dealkylation sites (tertiary alicyclic amines) is 2. The van der Waals surface area contributed by atoms with Gasteiger partial charge >= 0.3 is 0 Å². The smallest absolute Gasteiger partial charge is 0.280 e. The first-order valence-corrected chi connectivity index (χ1v) is 16.5. The minimum absolute atomic E-state index is 0.00189. The normalized spacial score (nSPS) is 22.1. The molecule has 48 heavy (non-hydrogen) atoms. The SMILES string of the molecule is Nc1c(Oc2ccccc2)ncn(CC2(O)CCN(C(=O)[C@@H]3CCN(C4(c5ccccc5F)COC4)C[C@H]3c3ccccc3)CC2)c1=O. The first kappa shape index (κ1) is 32.0. The highest BCUT2D eigenvalue weighted by molar-refractivity contribution is 5.80. The van der Waals surface area contributed by atoms with Crippen LogP contribution in [-0.4, -0.2) is 75.4 Å². The molecule has 3 aliphatic rings. The highest BCUT2D eigenvalue weighted by atomic mass is 19.1. The molecule has 3 N–H and O–H groups in total. The maximum Gasteiger partial charge on any atom is 0.280 e. The summed E-state index contributed by atoms with van der Waals surface area (Å²) in [4.78, 5) is 35.7. The summed E-state index contributed by atoms with van der Waals surface area (Å²) in [6.07, 6.45) is 2.56. The summed E-state index contributed by atoms with van der Waals surface area (Å²) in [6.45, 7) is 2.76. The van der Waals surface area contributed by atoms with E-state index in [1.807, 2.05) is 41.3 Å². The molecule has 10 nitrogen and oxygen atoms in total. The highest BCUT2D eigenvalue weighted by Gasteiger charge is 2.51. The van der Waals surface area contributed by atoms with Crippen LogP contribution in [0.2, 0.25) is 0 Å². The van der Waals surface area contributed by atoms with Crippen molar-refractivity contribution >= 4 is 11.6 Å². The molecule has 3 saturated heterocycles. The fourth-order valence-corrected chi connectivity index (χ4v) is 7.45. The number of hydrogen-bond donors (Lipinski definition) is 2. The number of ether oxygens (including phenoxy) is 2. The lowest BCUT2D eigenvalue weighted by Crippen LogP contribution is -2.63. The molecule has 4 aromatic rings. The van der Waals surface area contributed by atoms with Crippen LogP contribution in [0.5, 0.6) is 11.6 Å². The number of rotatable bonds is 8. The lowest BCUT2D eigenvalue weighted by molar-refractivity contribution is -0.164. The molecule has 11 heteroatoms. The Balaban J connectivity index is 1.04. The maximum atomic E-state index is 15.1. The second-order valence-corrected chi connectivity index (χ2v) is 13.2. The zero-order valence-corrected chi connectivity index (χ0v) is 26.7. The zero-order valence-electron chi connectivity index (χ0n) is 26.7. The Morgan fingerprint density at radius 1 is 0.979 bits per heavy atom. The number of halogens is 1. The number of amides is 1. The molecule has 4 heterocycles. The number of nitrogens with zero attached hydrogens (tertiary/aromatic N) is 4. The van der Waals surface area contributed by atoms with E-state index in [0.717, 1.165) is 5.56 Å². The van der Waals surface area contributed by atoms with E-state index < -0.39 is 16.7 Å². The lowest BCUT2D eigenvalue weighted by atomic mass is 9.75. The molecular formula is C37H40FN5O5. The van der Waals surface area contributed by atoms with Crippen LogP contribution in [0.15, 0.2) is 96.1 Å². The second kappa shape index (κ2) is 13.1. The molecular weight excluding hydrogens is 613 g/mol. The van der Waals surface area contributed by atoms with Gasteiger partial charge in [0, 0.05) is 37.0 Å². The van der Waals surface area contributed by atoms with Crippen LogP contribution in [0.4, 0.5) is 10.1 Å². The maximum absolute atomic E-state index is 15.1. The Kier molecular flexibility index (Phi) is 8.76. The van der Waals surface area contributed by atoms with Crippen LogP contribution in [0.3, 0.4) is 0 Å². The number of piperidine rings is 2. The van der Waals surface area contributed by atoms with Gasteiger partial charge in [-0.1, -0.05) is 66.7 Å². The number of nitrogens with two attached hydrogens (primary N) is 1. The molecule has 0 spiro atoms. The summed E-state index contributed by atoms with van der Waals surface area (Å²) < 4.78 is 27.7. The molecule has 3 aromatic carbocycles. The molecule has 0 radical (unpaired) electrons. The molecule has 2 atom stereocenters. The average molecular weight is 654 g/mol. The predicted octanol–water partition coefficient (Wildman–Crippen LogP) is 4.14. The molecule has 0 unspecified atom stereocenters. The van der Waals surface area contributed by atoms with E-state index in [4.69, 9.17) is 15.2 Å². The number of anilines is 1. The Labute approximate surface area is 278 Å². The zero-order chi connectivity index (χ0) is 33.3. The van der Waals surface area contributed by atoms with Gasteiger partial charge in [0.1, 0.15) is 17.9 Å². The minimum Gasteiger partial charge on any atom is -0.437 e. The highest BCUT2D eigenvalue weighted by Crippen LogP contribution is 2.44. The average Bonchev–Trinajstić information content (AvgIpc) is 3.09. The third kappa shape index (κ3) is 6.09. The first-order chi connectivity index (χ1) is 23.3. The van der Waals surface area contributed by atoms with Crippen LogP contribution in [0, 0.1) is 11.7 Å². The third-order valence-electron chi connectivity index (χ3n) is 10.3. The second-order valence-electron chi connectivity index (χ2n) is 13.2. The van der Waals surface area contributed by atoms with Crippen molar-refractivity contribution in [3.05, 3.63) is 119 Å². The lowest BCUT2D eigenvalue weighted by Gasteiger charge is -2.54. The summed E-state index contributed by atoms with van der Waals surface area (Å²) in [5.41, 5.74) is 5.39. The Bertz CT molecular complexity index is 1810. The fraction of sp³-hybridized carbons (Fsp3) is 0.378. The van der Waals surface area contributed by atoms with E-state index in [0.29, 0.717) is 70.0 Å². The van der Waals surface area contributed by atoms with E-state index >= 15 is 4.39 Å². The first-order valence-electron chi connectivity index (χ1n) is 16.5. The van der Waals surface area contributed by atoms with Crippen LogP contribution >= 0.6 is 0 Å². The van der Waals surface area contributed by atoms with Crippen LogP contribution in [-0.2, 0) is 21.6 Å². The van der Waals surface area contributed by atoms with Crippen molar-refractivity contribution in [1.29, 1.82) is 0 Å². The number of para-hydroxylation sites is 1. The van der Waals surface area contributed by atoms with Gasteiger partial charge in [0.05, 0.1) is 30.9 Å². The van der Waals surface area contributed by atoms with Crippen molar-refractivity contribution in [1.82, 2.24) is 19.4 Å². The van der Waals surface area contributed by atoms with Crippen LogP contribution in [0.1, 0.15) is 36.3 Å². The van der Waals surface area contributed by atoms with Gasteiger partial charge in [-0.3, -0.25) is 19.1 Å². The van der Waals surface area contributed by atoms with Gasteiger partial charge < -0.3 is 25.2 Å². The molecule has 0 saturated carbocycles. The summed E-state index contributed by atoms with van der Waals surface area (Å²) in [5, 5.41) is 11.5. The number of carbonyl (C=O) groups is 1. The fourth-order valence-electron chi connectivity index (χ4n) is 7.45. The van der Waals surface area contributed by atoms with E-state index in [-0.39, 0.29) is 41.7 Å². The van der Waals surface area contributed by atoms with Gasteiger partial charge in [-0.25, -0.2) is 9.37 Å². The van der Waals surface area contributed by atoms with Crippen molar-refractivity contribution in [3.8, 4) is 11.6 Å². The van der Waals surface area contributed by atoms with Gasteiger partial charge in [0.25, 0.3) is 5.56 Å². The largest absolute Gasteiger partial charge is 0.437 e. The number of carbonyl (C=O) groups excluding carboxylic acids is 1. The molecule has 250 valence electrons. The summed E-state index contributed by atoms with van der Waals surface area (Å²) in [5.74, 6) is -0.0296. The van der Waals surface area contributed by atoms with E-state index in [1.165, 1.54) is 17.0 Å². The standard InChI is InChI=1S/C37H40FN5O5/c38-31-14-8-7-13-30(31)37(23-47-24-37)43-18-15-28(29(21-43)26-9-3-1-4-10-26)34(44)41-19-16-36(46,17-20-41)22-42-25-40-33(32(39)35(42)45)48-27-11-5-2-6-12-27/h1-14,25,28-29,46H,15-24,39H2/t28-,29+/m1/s1. The van der Waals surface area contributed by atoms with Crippen molar-refractivity contribution in [3.63, 3.8) is 0 Å². The van der Waals surface area contributed by atoms with Crippen LogP contribution < -0.4 is 16.0 Å². The summed E-state index contributed by atoms with van der Waals surface area (Å²) in [6, 6.07) is 25.9. The number of hydrogen-bond acceptors (Lipinski definition) is 8. The van der Waals surface area contributed by atoms with E-state index in [2.05, 4.69) is 22.0 Å². The minimum atomic E-state index is -1.21. The number of aromatic nitrogens is 2. The van der Waals surface area contributed by atoms with Crippen molar-refractivity contribution in [2.75, 3.05) is 45.1 Å². The predicted molar refractivity (Wildman–Crippen MR) is 178 cm³/mol. The van der Waals surface area contributed by atoms with Crippen molar-refractivity contribution < 1.29 is 23.8 Å². The molecule has 3 aliphatic heterocycles. The molecule has 1 amide bonds.